The smallest absolute Gasteiger partial charge is 0.241 e. The molecule has 17 heavy (non-hydrogen) atoms. The van der Waals surface area contributed by atoms with Gasteiger partial charge in [-0.15, -0.1) is 11.3 Å². The second-order valence-corrected chi connectivity index (χ2v) is 5.87. The Bertz CT molecular complexity index is 618. The van der Waals surface area contributed by atoms with Crippen LogP contribution in [0.2, 0.25) is 0 Å². The molecule has 1 aromatic carbocycles. The van der Waals surface area contributed by atoms with E-state index in [1.165, 1.54) is 13.2 Å². The molecule has 2 rings (SSSR count). The Hall–Kier alpha value is -1.37. The number of nitrogens with two attached hydrogens (primary N) is 1. The molecular formula is C11H11NO3S2. The summed E-state index contributed by atoms with van der Waals surface area (Å²) in [5, 5.41) is 7.05. The summed E-state index contributed by atoms with van der Waals surface area (Å²) in [4.78, 5) is 1.05. The maximum atomic E-state index is 11.3. The molecule has 2 aromatic rings. The Morgan fingerprint density at radius 1 is 1.29 bits per heavy atom. The third kappa shape index (κ3) is 2.49. The summed E-state index contributed by atoms with van der Waals surface area (Å²) in [5.74, 6) is 0.262. The molecule has 1 aromatic heterocycles. The molecule has 0 unspecified atom stereocenters. The lowest BCUT2D eigenvalue weighted by atomic mass is 10.2. The van der Waals surface area contributed by atoms with Gasteiger partial charge in [0, 0.05) is 4.88 Å². The molecule has 6 heteroatoms. The summed E-state index contributed by atoms with van der Waals surface area (Å²) in [6, 6.07) is 8.74. The molecule has 0 aliphatic carbocycles. The maximum Gasteiger partial charge on any atom is 0.241 e. The first-order chi connectivity index (χ1) is 8.02. The van der Waals surface area contributed by atoms with Gasteiger partial charge in [-0.05, 0) is 29.1 Å². The zero-order valence-electron chi connectivity index (χ0n) is 9.08. The number of rotatable bonds is 3. The summed E-state index contributed by atoms with van der Waals surface area (Å²) in [5.41, 5.74) is 0.907. The van der Waals surface area contributed by atoms with Crippen LogP contribution in [0.5, 0.6) is 5.75 Å². The molecule has 90 valence electrons. The SMILES string of the molecule is COc1cc(-c2cccs2)ccc1S(N)(=O)=O. The minimum atomic E-state index is -3.75. The Balaban J connectivity index is 2.56. The highest BCUT2D eigenvalue weighted by Gasteiger charge is 2.15. The summed E-state index contributed by atoms with van der Waals surface area (Å²) in [6.07, 6.45) is 0. The minimum absolute atomic E-state index is 0.000283. The first kappa shape index (κ1) is 12.1. The van der Waals surface area contributed by atoms with E-state index in [-0.39, 0.29) is 10.6 Å². The largest absolute Gasteiger partial charge is 0.495 e. The number of sulfonamides is 1. The molecule has 0 bridgehead atoms. The van der Waals surface area contributed by atoms with Crippen molar-refractivity contribution >= 4 is 21.4 Å². The summed E-state index contributed by atoms with van der Waals surface area (Å²) in [6.45, 7) is 0. The van der Waals surface area contributed by atoms with E-state index in [9.17, 15) is 8.42 Å². The minimum Gasteiger partial charge on any atom is -0.495 e. The van der Waals surface area contributed by atoms with Crippen LogP contribution in [0.25, 0.3) is 10.4 Å². The van der Waals surface area contributed by atoms with E-state index in [2.05, 4.69) is 0 Å². The third-order valence-corrected chi connectivity index (χ3v) is 4.15. The molecule has 0 saturated heterocycles. The molecule has 2 N–H and O–H groups in total. The predicted octanol–water partition coefficient (Wildman–Crippen LogP) is 2.07. The Morgan fingerprint density at radius 2 is 2.06 bits per heavy atom. The summed E-state index contributed by atoms with van der Waals surface area (Å²) < 4.78 is 27.7. The fourth-order valence-electron chi connectivity index (χ4n) is 1.50. The van der Waals surface area contributed by atoms with Crippen LogP contribution in [-0.2, 0) is 10.0 Å². The predicted molar refractivity (Wildman–Crippen MR) is 67.7 cm³/mol. The normalized spacial score (nSPS) is 11.4. The second-order valence-electron chi connectivity index (χ2n) is 3.39. The quantitative estimate of drug-likeness (QED) is 0.927. The lowest BCUT2D eigenvalue weighted by molar-refractivity contribution is 0.403. The van der Waals surface area contributed by atoms with Crippen molar-refractivity contribution in [2.75, 3.05) is 7.11 Å². The van der Waals surface area contributed by atoms with Gasteiger partial charge in [0.1, 0.15) is 10.6 Å². The highest BCUT2D eigenvalue weighted by molar-refractivity contribution is 7.89. The lowest BCUT2D eigenvalue weighted by Crippen LogP contribution is -2.13. The Kier molecular flexibility index (Phi) is 3.19. The van der Waals surface area contributed by atoms with Crippen LogP contribution in [0.4, 0.5) is 0 Å². The van der Waals surface area contributed by atoms with E-state index < -0.39 is 10.0 Å². The summed E-state index contributed by atoms with van der Waals surface area (Å²) in [7, 11) is -2.33. The van der Waals surface area contributed by atoms with E-state index in [1.54, 1.807) is 23.5 Å². The third-order valence-electron chi connectivity index (χ3n) is 2.28. The standard InChI is InChI=1S/C11H11NO3S2/c1-15-9-7-8(10-3-2-6-16-10)4-5-11(9)17(12,13)14/h2-7H,1H3,(H2,12,13,14). The average molecular weight is 269 g/mol. The van der Waals surface area contributed by atoms with Gasteiger partial charge in [0.15, 0.2) is 0 Å². The fraction of sp³-hybridized carbons (Fsp3) is 0.0909. The molecule has 0 radical (unpaired) electrons. The van der Waals surface area contributed by atoms with Crippen molar-refractivity contribution in [2.24, 2.45) is 5.14 Å². The van der Waals surface area contributed by atoms with Crippen LogP contribution in [0.15, 0.2) is 40.6 Å². The number of benzene rings is 1. The van der Waals surface area contributed by atoms with Crippen LogP contribution >= 0.6 is 11.3 Å². The average Bonchev–Trinajstić information content (AvgIpc) is 2.80. The van der Waals surface area contributed by atoms with Gasteiger partial charge < -0.3 is 4.74 Å². The molecule has 0 amide bonds. The topological polar surface area (TPSA) is 69.4 Å². The van der Waals surface area contributed by atoms with Gasteiger partial charge in [-0.25, -0.2) is 13.6 Å². The van der Waals surface area contributed by atoms with Crippen LogP contribution < -0.4 is 9.88 Å². The monoisotopic (exact) mass is 269 g/mol. The van der Waals surface area contributed by atoms with Crippen LogP contribution in [0, 0.1) is 0 Å². The number of primary sulfonamides is 1. The van der Waals surface area contributed by atoms with E-state index >= 15 is 0 Å². The lowest BCUT2D eigenvalue weighted by Gasteiger charge is -2.08. The van der Waals surface area contributed by atoms with Crippen molar-refractivity contribution in [1.82, 2.24) is 0 Å². The van der Waals surface area contributed by atoms with Crippen LogP contribution in [0.1, 0.15) is 0 Å². The molecular weight excluding hydrogens is 258 g/mol. The number of thiophene rings is 1. The molecule has 0 aliphatic rings. The number of hydrogen-bond donors (Lipinski definition) is 1. The zero-order valence-corrected chi connectivity index (χ0v) is 10.7. The van der Waals surface area contributed by atoms with Gasteiger partial charge in [-0.1, -0.05) is 12.1 Å². The van der Waals surface area contributed by atoms with Gasteiger partial charge in [0.05, 0.1) is 7.11 Å². The van der Waals surface area contributed by atoms with Crippen molar-refractivity contribution in [2.45, 2.75) is 4.90 Å². The Morgan fingerprint density at radius 3 is 2.59 bits per heavy atom. The molecule has 0 saturated carbocycles. The van der Waals surface area contributed by atoms with E-state index in [0.29, 0.717) is 0 Å². The van der Waals surface area contributed by atoms with Crippen molar-refractivity contribution in [3.63, 3.8) is 0 Å². The van der Waals surface area contributed by atoms with E-state index in [0.717, 1.165) is 10.4 Å². The van der Waals surface area contributed by atoms with Crippen LogP contribution in [-0.4, -0.2) is 15.5 Å². The second kappa shape index (κ2) is 4.48. The number of ether oxygens (including phenoxy) is 1. The van der Waals surface area contributed by atoms with Crippen molar-refractivity contribution < 1.29 is 13.2 Å². The number of methoxy groups -OCH3 is 1. The molecule has 1 heterocycles. The fourth-order valence-corrected chi connectivity index (χ4v) is 2.90. The highest BCUT2D eigenvalue weighted by Crippen LogP contribution is 2.31. The van der Waals surface area contributed by atoms with Crippen molar-refractivity contribution in [1.29, 1.82) is 0 Å². The number of hydrogen-bond acceptors (Lipinski definition) is 4. The highest BCUT2D eigenvalue weighted by atomic mass is 32.2. The van der Waals surface area contributed by atoms with Crippen molar-refractivity contribution in [3.8, 4) is 16.2 Å². The van der Waals surface area contributed by atoms with E-state index in [4.69, 9.17) is 9.88 Å². The molecule has 0 fully saturated rings. The van der Waals surface area contributed by atoms with Crippen molar-refractivity contribution in [3.05, 3.63) is 35.7 Å². The van der Waals surface area contributed by atoms with Crippen LogP contribution in [0.3, 0.4) is 0 Å². The van der Waals surface area contributed by atoms with Gasteiger partial charge in [0.25, 0.3) is 0 Å². The van der Waals surface area contributed by atoms with E-state index in [1.807, 2.05) is 17.5 Å². The molecule has 0 aliphatic heterocycles. The first-order valence-corrected chi connectivity index (χ1v) is 7.19. The Labute approximate surface area is 104 Å². The maximum absolute atomic E-state index is 11.3. The van der Waals surface area contributed by atoms with Gasteiger partial charge in [-0.3, -0.25) is 0 Å². The van der Waals surface area contributed by atoms with Gasteiger partial charge >= 0.3 is 0 Å². The zero-order chi connectivity index (χ0) is 12.5. The van der Waals surface area contributed by atoms with Gasteiger partial charge in [-0.2, -0.15) is 0 Å². The molecule has 4 nitrogen and oxygen atoms in total. The molecule has 0 atom stereocenters. The summed E-state index contributed by atoms with van der Waals surface area (Å²) >= 11 is 1.57. The first-order valence-electron chi connectivity index (χ1n) is 4.77. The van der Waals surface area contributed by atoms with Gasteiger partial charge in [0.2, 0.25) is 10.0 Å². The molecule has 0 spiro atoms.